The summed E-state index contributed by atoms with van der Waals surface area (Å²) in [5.74, 6) is 1.09. The van der Waals surface area contributed by atoms with Gasteiger partial charge >= 0.3 is 0 Å². The second kappa shape index (κ2) is 5.76. The molecule has 2 heterocycles. The van der Waals surface area contributed by atoms with E-state index in [0.717, 1.165) is 24.3 Å². The van der Waals surface area contributed by atoms with Gasteiger partial charge in [0.2, 0.25) is 0 Å². The summed E-state index contributed by atoms with van der Waals surface area (Å²) in [6.07, 6.45) is 0.897. The molecule has 0 saturated carbocycles. The molecule has 3 heteroatoms. The van der Waals surface area contributed by atoms with Crippen LogP contribution in [0, 0.1) is 0 Å². The Hall–Kier alpha value is -2.81. The van der Waals surface area contributed by atoms with Gasteiger partial charge in [0.25, 0.3) is 5.91 Å². The highest BCUT2D eigenvalue weighted by molar-refractivity contribution is 5.92. The molecule has 1 aliphatic rings. The van der Waals surface area contributed by atoms with E-state index in [4.69, 9.17) is 4.42 Å². The SMILES string of the molecule is O=C(c1ccc(-c2ccccc2)o1)N1CCc2ccccc2C1. The number of furan rings is 1. The lowest BCUT2D eigenvalue weighted by atomic mass is 10.00. The van der Waals surface area contributed by atoms with Gasteiger partial charge in [0.15, 0.2) is 5.76 Å². The predicted molar refractivity (Wildman–Crippen MR) is 89.0 cm³/mol. The van der Waals surface area contributed by atoms with Crippen molar-refractivity contribution in [1.29, 1.82) is 0 Å². The summed E-state index contributed by atoms with van der Waals surface area (Å²) in [5, 5.41) is 0. The maximum atomic E-state index is 12.7. The van der Waals surface area contributed by atoms with Crippen LogP contribution in [0.3, 0.4) is 0 Å². The van der Waals surface area contributed by atoms with E-state index in [2.05, 4.69) is 18.2 Å². The molecule has 0 aliphatic carbocycles. The topological polar surface area (TPSA) is 33.5 Å². The molecule has 0 bridgehead atoms. The van der Waals surface area contributed by atoms with Crippen molar-refractivity contribution in [2.45, 2.75) is 13.0 Å². The number of hydrogen-bond acceptors (Lipinski definition) is 2. The zero-order valence-electron chi connectivity index (χ0n) is 12.7. The number of carbonyl (C=O) groups is 1. The van der Waals surface area contributed by atoms with Crippen molar-refractivity contribution in [2.24, 2.45) is 0 Å². The molecular weight excluding hydrogens is 286 g/mol. The molecule has 3 aromatic rings. The first-order valence-electron chi connectivity index (χ1n) is 7.82. The summed E-state index contributed by atoms with van der Waals surface area (Å²) in [6.45, 7) is 1.38. The number of fused-ring (bicyclic) bond motifs is 1. The van der Waals surface area contributed by atoms with Gasteiger partial charge in [-0.25, -0.2) is 0 Å². The molecule has 0 saturated heterocycles. The molecule has 2 aromatic carbocycles. The van der Waals surface area contributed by atoms with E-state index < -0.39 is 0 Å². The van der Waals surface area contributed by atoms with E-state index in [0.29, 0.717) is 12.3 Å². The summed E-state index contributed by atoms with van der Waals surface area (Å²) in [7, 11) is 0. The highest BCUT2D eigenvalue weighted by Crippen LogP contribution is 2.25. The van der Waals surface area contributed by atoms with Crippen LogP contribution in [-0.2, 0) is 13.0 Å². The Labute approximate surface area is 135 Å². The molecule has 1 aliphatic heterocycles. The summed E-state index contributed by atoms with van der Waals surface area (Å²) in [6, 6.07) is 21.8. The van der Waals surface area contributed by atoms with Crippen molar-refractivity contribution >= 4 is 5.91 Å². The van der Waals surface area contributed by atoms with Gasteiger partial charge in [-0.15, -0.1) is 0 Å². The number of rotatable bonds is 2. The molecular formula is C20H17NO2. The third-order valence-corrected chi connectivity index (χ3v) is 4.29. The van der Waals surface area contributed by atoms with E-state index in [1.165, 1.54) is 11.1 Å². The van der Waals surface area contributed by atoms with Crippen LogP contribution in [0.25, 0.3) is 11.3 Å². The second-order valence-corrected chi connectivity index (χ2v) is 5.78. The van der Waals surface area contributed by atoms with Gasteiger partial charge in [0.1, 0.15) is 5.76 Å². The smallest absolute Gasteiger partial charge is 0.289 e. The fourth-order valence-corrected chi connectivity index (χ4v) is 3.04. The standard InChI is InChI=1S/C20H17NO2/c22-20(21-13-12-15-6-4-5-9-17(15)14-21)19-11-10-18(23-19)16-7-2-1-3-8-16/h1-11H,12-14H2. The van der Waals surface area contributed by atoms with E-state index in [1.807, 2.05) is 47.4 Å². The summed E-state index contributed by atoms with van der Waals surface area (Å²) >= 11 is 0. The van der Waals surface area contributed by atoms with E-state index in [1.54, 1.807) is 6.07 Å². The van der Waals surface area contributed by atoms with Crippen LogP contribution in [0.15, 0.2) is 71.1 Å². The van der Waals surface area contributed by atoms with Gasteiger partial charge < -0.3 is 9.32 Å². The van der Waals surface area contributed by atoms with Gasteiger partial charge in [0.05, 0.1) is 0 Å². The number of benzene rings is 2. The van der Waals surface area contributed by atoms with Crippen LogP contribution in [-0.4, -0.2) is 17.4 Å². The van der Waals surface area contributed by atoms with Crippen LogP contribution in [0.2, 0.25) is 0 Å². The average molecular weight is 303 g/mol. The minimum Gasteiger partial charge on any atom is -0.451 e. The first kappa shape index (κ1) is 13.8. The molecule has 0 N–H and O–H groups in total. The maximum absolute atomic E-state index is 12.7. The quantitative estimate of drug-likeness (QED) is 0.712. The Morgan fingerprint density at radius 3 is 2.43 bits per heavy atom. The molecule has 114 valence electrons. The molecule has 0 atom stereocenters. The summed E-state index contributed by atoms with van der Waals surface area (Å²) < 4.78 is 5.78. The van der Waals surface area contributed by atoms with Gasteiger partial charge in [-0.05, 0) is 29.7 Å². The first-order chi connectivity index (χ1) is 11.3. The van der Waals surface area contributed by atoms with Crippen LogP contribution < -0.4 is 0 Å². The zero-order valence-corrected chi connectivity index (χ0v) is 12.7. The summed E-state index contributed by atoms with van der Waals surface area (Å²) in [5.41, 5.74) is 3.54. The monoisotopic (exact) mass is 303 g/mol. The van der Waals surface area contributed by atoms with Crippen LogP contribution >= 0.6 is 0 Å². The van der Waals surface area contributed by atoms with Gasteiger partial charge in [-0.3, -0.25) is 4.79 Å². The molecule has 1 amide bonds. The summed E-state index contributed by atoms with van der Waals surface area (Å²) in [4.78, 5) is 14.5. The number of amides is 1. The fourth-order valence-electron chi connectivity index (χ4n) is 3.04. The molecule has 23 heavy (non-hydrogen) atoms. The lowest BCUT2D eigenvalue weighted by Gasteiger charge is -2.28. The van der Waals surface area contributed by atoms with E-state index in [9.17, 15) is 4.79 Å². The van der Waals surface area contributed by atoms with Gasteiger partial charge in [0, 0.05) is 18.7 Å². The number of carbonyl (C=O) groups excluding carboxylic acids is 1. The van der Waals surface area contributed by atoms with Crippen molar-refractivity contribution in [3.8, 4) is 11.3 Å². The van der Waals surface area contributed by atoms with E-state index in [-0.39, 0.29) is 5.91 Å². The van der Waals surface area contributed by atoms with Crippen LogP contribution in [0.1, 0.15) is 21.7 Å². The van der Waals surface area contributed by atoms with Crippen molar-refractivity contribution in [3.05, 3.63) is 83.6 Å². The van der Waals surface area contributed by atoms with Gasteiger partial charge in [-0.2, -0.15) is 0 Å². The maximum Gasteiger partial charge on any atom is 0.289 e. The Balaban J connectivity index is 1.55. The Bertz CT molecular complexity index is 836. The molecule has 0 spiro atoms. The Morgan fingerprint density at radius 2 is 1.61 bits per heavy atom. The van der Waals surface area contributed by atoms with Gasteiger partial charge in [-0.1, -0.05) is 54.6 Å². The largest absolute Gasteiger partial charge is 0.451 e. The minimum absolute atomic E-state index is 0.0401. The molecule has 3 nitrogen and oxygen atoms in total. The Morgan fingerprint density at radius 1 is 0.870 bits per heavy atom. The van der Waals surface area contributed by atoms with Crippen molar-refractivity contribution < 1.29 is 9.21 Å². The highest BCUT2D eigenvalue weighted by atomic mass is 16.4. The molecule has 4 rings (SSSR count). The third-order valence-electron chi connectivity index (χ3n) is 4.29. The number of hydrogen-bond donors (Lipinski definition) is 0. The molecule has 0 unspecified atom stereocenters. The zero-order chi connectivity index (χ0) is 15.6. The molecule has 0 radical (unpaired) electrons. The lowest BCUT2D eigenvalue weighted by Crippen LogP contribution is -2.35. The minimum atomic E-state index is -0.0401. The lowest BCUT2D eigenvalue weighted by molar-refractivity contribution is 0.0703. The third kappa shape index (κ3) is 2.66. The normalized spacial score (nSPS) is 13.7. The first-order valence-corrected chi connectivity index (χ1v) is 7.82. The van der Waals surface area contributed by atoms with E-state index >= 15 is 0 Å². The predicted octanol–water partition coefficient (Wildman–Crippen LogP) is 4.15. The van der Waals surface area contributed by atoms with Crippen LogP contribution in [0.4, 0.5) is 0 Å². The van der Waals surface area contributed by atoms with Crippen LogP contribution in [0.5, 0.6) is 0 Å². The molecule has 1 aromatic heterocycles. The fraction of sp³-hybridized carbons (Fsp3) is 0.150. The average Bonchev–Trinajstić information content (AvgIpc) is 3.11. The number of nitrogens with zero attached hydrogens (tertiary/aromatic N) is 1. The molecule has 0 fully saturated rings. The van der Waals surface area contributed by atoms with Crippen molar-refractivity contribution in [3.63, 3.8) is 0 Å². The highest BCUT2D eigenvalue weighted by Gasteiger charge is 2.23. The Kier molecular flexibility index (Phi) is 3.46. The second-order valence-electron chi connectivity index (χ2n) is 5.78. The van der Waals surface area contributed by atoms with Crippen molar-refractivity contribution in [1.82, 2.24) is 4.90 Å². The van der Waals surface area contributed by atoms with Crippen molar-refractivity contribution in [2.75, 3.05) is 6.54 Å².